The fraction of sp³-hybridized carbons (Fsp3) is 0.409. The van der Waals surface area contributed by atoms with Crippen LogP contribution in [0.5, 0.6) is 5.75 Å². The van der Waals surface area contributed by atoms with Crippen LogP contribution in [0.3, 0.4) is 0 Å². The zero-order valence-electron chi connectivity index (χ0n) is 17.7. The van der Waals surface area contributed by atoms with Crippen LogP contribution in [0.15, 0.2) is 48.5 Å². The van der Waals surface area contributed by atoms with Crippen molar-refractivity contribution in [3.8, 4) is 5.75 Å². The average molecular weight is 432 g/mol. The number of carbonyl (C=O) groups is 1. The van der Waals surface area contributed by atoms with E-state index in [0.717, 1.165) is 25.0 Å². The van der Waals surface area contributed by atoms with Crippen LogP contribution in [0, 0.1) is 0 Å². The summed E-state index contributed by atoms with van der Waals surface area (Å²) in [5, 5.41) is 2.91. The van der Waals surface area contributed by atoms with Crippen molar-refractivity contribution in [2.24, 2.45) is 0 Å². The molecular weight excluding hydrogens is 402 g/mol. The molecule has 1 heterocycles. The van der Waals surface area contributed by atoms with Crippen LogP contribution in [0.25, 0.3) is 0 Å². The minimum atomic E-state index is -3.33. The van der Waals surface area contributed by atoms with Gasteiger partial charge in [-0.3, -0.25) is 9.10 Å². The van der Waals surface area contributed by atoms with Gasteiger partial charge in [-0.2, -0.15) is 0 Å². The van der Waals surface area contributed by atoms with Crippen molar-refractivity contribution in [2.45, 2.75) is 32.3 Å². The van der Waals surface area contributed by atoms with Crippen LogP contribution < -0.4 is 19.3 Å². The first-order chi connectivity index (χ1) is 14.3. The molecule has 1 aliphatic rings. The van der Waals surface area contributed by atoms with Crippen LogP contribution in [-0.4, -0.2) is 46.8 Å². The number of amides is 1. The zero-order chi connectivity index (χ0) is 21.7. The molecule has 1 saturated heterocycles. The highest BCUT2D eigenvalue weighted by Gasteiger charge is 2.20. The predicted molar refractivity (Wildman–Crippen MR) is 121 cm³/mol. The fourth-order valence-corrected chi connectivity index (χ4v) is 3.87. The predicted octanol–water partition coefficient (Wildman–Crippen LogP) is 3.48. The van der Waals surface area contributed by atoms with E-state index >= 15 is 0 Å². The van der Waals surface area contributed by atoms with Crippen LogP contribution >= 0.6 is 0 Å². The number of anilines is 3. The largest absolute Gasteiger partial charge is 0.481 e. The highest BCUT2D eigenvalue weighted by Crippen LogP contribution is 2.24. The molecule has 0 saturated carbocycles. The Morgan fingerprint density at radius 1 is 1.10 bits per heavy atom. The first kappa shape index (κ1) is 22.0. The fourth-order valence-electron chi connectivity index (χ4n) is 3.37. The second kappa shape index (κ2) is 9.38. The van der Waals surface area contributed by atoms with E-state index in [1.54, 1.807) is 24.3 Å². The number of carbonyl (C=O) groups excluding carboxylic acids is 1. The van der Waals surface area contributed by atoms with Gasteiger partial charge in [-0.05, 0) is 67.8 Å². The van der Waals surface area contributed by atoms with Gasteiger partial charge in [0.15, 0.2) is 6.10 Å². The number of hydrogen-bond donors (Lipinski definition) is 1. The summed E-state index contributed by atoms with van der Waals surface area (Å²) in [5.74, 6) is 0.288. The molecule has 2 aromatic rings. The second-order valence-corrected chi connectivity index (χ2v) is 9.48. The lowest BCUT2D eigenvalue weighted by Gasteiger charge is -2.20. The summed E-state index contributed by atoms with van der Waals surface area (Å²) in [7, 11) is -1.84. The highest BCUT2D eigenvalue weighted by molar-refractivity contribution is 7.92. The average Bonchev–Trinajstić information content (AvgIpc) is 3.26. The van der Waals surface area contributed by atoms with Crippen molar-refractivity contribution >= 4 is 33.0 Å². The molecule has 162 valence electrons. The second-order valence-electron chi connectivity index (χ2n) is 7.47. The molecule has 1 atom stereocenters. The smallest absolute Gasteiger partial charge is 0.265 e. The van der Waals surface area contributed by atoms with Crippen molar-refractivity contribution < 1.29 is 17.9 Å². The first-order valence-electron chi connectivity index (χ1n) is 10.1. The third-order valence-electron chi connectivity index (χ3n) is 5.25. The van der Waals surface area contributed by atoms with Crippen molar-refractivity contribution in [3.05, 3.63) is 48.5 Å². The molecule has 0 aromatic heterocycles. The minimum Gasteiger partial charge on any atom is -0.481 e. The zero-order valence-corrected chi connectivity index (χ0v) is 18.5. The summed E-state index contributed by atoms with van der Waals surface area (Å²) in [6.07, 6.45) is 3.44. The molecule has 8 heteroatoms. The number of rotatable bonds is 8. The molecule has 0 spiro atoms. The SMILES string of the molecule is CC[C@H](Oc1ccc(N(C)S(C)(=O)=O)cc1)C(=O)Nc1ccc(N2CCCC2)cc1. The normalized spacial score (nSPS) is 15.0. The van der Waals surface area contributed by atoms with Crippen molar-refractivity contribution in [1.29, 1.82) is 0 Å². The molecule has 0 radical (unpaired) electrons. The Bertz CT molecular complexity index is 953. The lowest BCUT2D eigenvalue weighted by molar-refractivity contribution is -0.122. The van der Waals surface area contributed by atoms with Gasteiger partial charge in [0.05, 0.1) is 11.9 Å². The van der Waals surface area contributed by atoms with E-state index in [-0.39, 0.29) is 5.91 Å². The monoisotopic (exact) mass is 431 g/mol. The summed E-state index contributed by atoms with van der Waals surface area (Å²) in [4.78, 5) is 15.0. The van der Waals surface area contributed by atoms with Gasteiger partial charge in [0.1, 0.15) is 5.75 Å². The van der Waals surface area contributed by atoms with Gasteiger partial charge >= 0.3 is 0 Å². The topological polar surface area (TPSA) is 78.9 Å². The van der Waals surface area contributed by atoms with Gasteiger partial charge in [0.25, 0.3) is 5.91 Å². The van der Waals surface area contributed by atoms with Gasteiger partial charge in [0, 0.05) is 31.5 Å². The maximum atomic E-state index is 12.7. The molecular formula is C22H29N3O4S. The Kier molecular flexibility index (Phi) is 6.87. The molecule has 1 N–H and O–H groups in total. The van der Waals surface area contributed by atoms with Crippen LogP contribution in [0.4, 0.5) is 17.1 Å². The molecule has 0 bridgehead atoms. The maximum absolute atomic E-state index is 12.7. The third-order valence-corrected chi connectivity index (χ3v) is 6.45. The third kappa shape index (κ3) is 5.44. The Labute approximate surface area is 178 Å². The molecule has 30 heavy (non-hydrogen) atoms. The summed E-state index contributed by atoms with van der Waals surface area (Å²) in [5.41, 5.74) is 2.43. The molecule has 3 rings (SSSR count). The highest BCUT2D eigenvalue weighted by atomic mass is 32.2. The lowest BCUT2D eigenvalue weighted by atomic mass is 10.2. The Morgan fingerprint density at radius 2 is 1.70 bits per heavy atom. The van der Waals surface area contributed by atoms with Crippen molar-refractivity contribution in [1.82, 2.24) is 0 Å². The van der Waals surface area contributed by atoms with Crippen LogP contribution in [-0.2, 0) is 14.8 Å². The number of nitrogens with zero attached hydrogens (tertiary/aromatic N) is 2. The number of nitrogens with one attached hydrogen (secondary N) is 1. The summed E-state index contributed by atoms with van der Waals surface area (Å²) in [6, 6.07) is 14.5. The van der Waals surface area contributed by atoms with Gasteiger partial charge in [-0.15, -0.1) is 0 Å². The van der Waals surface area contributed by atoms with E-state index in [1.807, 2.05) is 31.2 Å². The number of benzene rings is 2. The molecule has 0 unspecified atom stereocenters. The molecule has 0 aliphatic carbocycles. The minimum absolute atomic E-state index is 0.219. The maximum Gasteiger partial charge on any atom is 0.265 e. The number of hydrogen-bond acceptors (Lipinski definition) is 5. The Balaban J connectivity index is 1.60. The lowest BCUT2D eigenvalue weighted by Crippen LogP contribution is -2.32. The van der Waals surface area contributed by atoms with E-state index in [2.05, 4.69) is 10.2 Å². The molecule has 7 nitrogen and oxygen atoms in total. The molecule has 1 fully saturated rings. The van der Waals surface area contributed by atoms with Crippen molar-refractivity contribution in [3.63, 3.8) is 0 Å². The number of sulfonamides is 1. The molecule has 1 aliphatic heterocycles. The van der Waals surface area contributed by atoms with Gasteiger partial charge < -0.3 is 15.0 Å². The molecule has 2 aromatic carbocycles. The Morgan fingerprint density at radius 3 is 2.23 bits per heavy atom. The quantitative estimate of drug-likeness (QED) is 0.692. The van der Waals surface area contributed by atoms with Crippen LogP contribution in [0.2, 0.25) is 0 Å². The summed E-state index contributed by atoms with van der Waals surface area (Å²) < 4.78 is 30.3. The van der Waals surface area contributed by atoms with E-state index < -0.39 is 16.1 Å². The van der Waals surface area contributed by atoms with Gasteiger partial charge in [-0.25, -0.2) is 8.42 Å². The standard InChI is InChI=1S/C22H29N3O4S/c1-4-21(29-20-13-11-18(12-14-20)24(2)30(3,27)28)22(26)23-17-7-9-19(10-8-17)25-15-5-6-16-25/h7-14,21H,4-6,15-16H2,1-3H3,(H,23,26)/t21-/m0/s1. The van der Waals surface area contributed by atoms with E-state index in [1.165, 1.54) is 29.9 Å². The van der Waals surface area contributed by atoms with E-state index in [4.69, 9.17) is 4.74 Å². The molecule has 1 amide bonds. The van der Waals surface area contributed by atoms with E-state index in [0.29, 0.717) is 17.9 Å². The Hall–Kier alpha value is -2.74. The van der Waals surface area contributed by atoms with E-state index in [9.17, 15) is 13.2 Å². The van der Waals surface area contributed by atoms with Crippen LogP contribution in [0.1, 0.15) is 26.2 Å². The van der Waals surface area contributed by atoms with Gasteiger partial charge in [-0.1, -0.05) is 6.92 Å². The number of ether oxygens (including phenoxy) is 1. The summed E-state index contributed by atoms with van der Waals surface area (Å²) >= 11 is 0. The summed E-state index contributed by atoms with van der Waals surface area (Å²) in [6.45, 7) is 4.04. The van der Waals surface area contributed by atoms with Crippen molar-refractivity contribution in [2.75, 3.05) is 40.9 Å². The van der Waals surface area contributed by atoms with Gasteiger partial charge in [0.2, 0.25) is 10.0 Å². The first-order valence-corrected chi connectivity index (χ1v) is 12.0.